The van der Waals surface area contributed by atoms with Gasteiger partial charge in [-0.2, -0.15) is 0 Å². The highest BCUT2D eigenvalue weighted by atomic mass is 16.3. The Bertz CT molecular complexity index is 709. The van der Waals surface area contributed by atoms with Crippen LogP contribution in [-0.4, -0.2) is 44.7 Å². The van der Waals surface area contributed by atoms with E-state index >= 15 is 0 Å². The Morgan fingerprint density at radius 2 is 1.91 bits per heavy atom. The molecule has 2 saturated carbocycles. The summed E-state index contributed by atoms with van der Waals surface area (Å²) in [5.41, 5.74) is -0.576. The van der Waals surface area contributed by atoms with E-state index in [4.69, 9.17) is 0 Å². The molecule has 2 aliphatic carbocycles. The summed E-state index contributed by atoms with van der Waals surface area (Å²) in [6.07, 6.45) is 4.75. The Kier molecular flexibility index (Phi) is 4.14. The first-order valence-electron chi connectivity index (χ1n) is 8.09. The fraction of sp³-hybridized carbons (Fsp3) is 0.688. The highest BCUT2D eigenvalue weighted by Gasteiger charge is 2.43. The third kappa shape index (κ3) is 3.10. The predicted molar refractivity (Wildman–Crippen MR) is 84.1 cm³/mol. The van der Waals surface area contributed by atoms with Crippen LogP contribution in [0.25, 0.3) is 0 Å². The topological polar surface area (TPSA) is 95.4 Å². The first-order valence-corrected chi connectivity index (χ1v) is 8.09. The van der Waals surface area contributed by atoms with Gasteiger partial charge in [0, 0.05) is 24.8 Å². The second-order valence-electron chi connectivity index (χ2n) is 6.97. The molecule has 2 N–H and O–H groups in total. The maximum Gasteiger partial charge on any atom is 0.328 e. The Labute approximate surface area is 133 Å². The molecular formula is C16H23N3O4. The van der Waals surface area contributed by atoms with E-state index in [-0.39, 0.29) is 24.6 Å². The number of H-pyrrole nitrogens is 1. The molecule has 2 unspecified atom stereocenters. The van der Waals surface area contributed by atoms with E-state index in [1.54, 1.807) is 18.9 Å². The quantitative estimate of drug-likeness (QED) is 0.809. The van der Waals surface area contributed by atoms with Crippen LogP contribution in [0.2, 0.25) is 0 Å². The summed E-state index contributed by atoms with van der Waals surface area (Å²) in [5.74, 6) is 0.871. The molecule has 3 rings (SSSR count). The zero-order valence-electron chi connectivity index (χ0n) is 13.5. The summed E-state index contributed by atoms with van der Waals surface area (Å²) in [5, 5.41) is 9.70. The minimum atomic E-state index is -0.561. The number of aliphatic hydroxyl groups excluding tert-OH is 1. The number of hydrogen-bond acceptors (Lipinski definition) is 4. The van der Waals surface area contributed by atoms with Gasteiger partial charge in [-0.3, -0.25) is 19.1 Å². The SMILES string of the molecule is Cc1cn(CC(=O)N(C)C2C[C@H]3CC(O)C[C@H]3C2)c(=O)[nH]c1=O. The number of amides is 1. The zero-order chi connectivity index (χ0) is 16.7. The molecule has 126 valence electrons. The van der Waals surface area contributed by atoms with Gasteiger partial charge in [-0.25, -0.2) is 4.79 Å². The fourth-order valence-corrected chi connectivity index (χ4v) is 4.07. The van der Waals surface area contributed by atoms with Crippen molar-refractivity contribution in [3.8, 4) is 0 Å². The molecule has 1 aromatic heterocycles. The lowest BCUT2D eigenvalue weighted by Gasteiger charge is -2.26. The van der Waals surface area contributed by atoms with Crippen molar-refractivity contribution in [2.24, 2.45) is 11.8 Å². The fourth-order valence-electron chi connectivity index (χ4n) is 4.07. The summed E-state index contributed by atoms with van der Waals surface area (Å²) < 4.78 is 1.25. The van der Waals surface area contributed by atoms with Crippen LogP contribution in [0.4, 0.5) is 0 Å². The maximum absolute atomic E-state index is 12.5. The van der Waals surface area contributed by atoms with Gasteiger partial charge in [-0.15, -0.1) is 0 Å². The number of carbonyl (C=O) groups excluding carboxylic acids is 1. The van der Waals surface area contributed by atoms with Gasteiger partial charge in [0.2, 0.25) is 5.91 Å². The minimum Gasteiger partial charge on any atom is -0.393 e. The Morgan fingerprint density at radius 3 is 2.52 bits per heavy atom. The molecule has 1 aromatic rings. The standard InChI is InChI=1S/C16H23N3O4/c1-9-7-19(16(23)17-15(9)22)8-14(21)18(2)12-3-10-5-13(20)6-11(10)4-12/h7,10-13,20H,3-6,8H2,1-2H3,(H,17,22,23)/t10-,11+,12?,13?. The van der Waals surface area contributed by atoms with Crippen molar-refractivity contribution in [1.82, 2.24) is 14.5 Å². The van der Waals surface area contributed by atoms with E-state index in [0.717, 1.165) is 25.7 Å². The van der Waals surface area contributed by atoms with Gasteiger partial charge in [-0.1, -0.05) is 0 Å². The van der Waals surface area contributed by atoms with Crippen molar-refractivity contribution in [1.29, 1.82) is 0 Å². The molecule has 0 saturated heterocycles. The number of likely N-dealkylation sites (N-methyl/N-ethyl adjacent to an activating group) is 1. The lowest BCUT2D eigenvalue weighted by atomic mass is 10.0. The van der Waals surface area contributed by atoms with Crippen molar-refractivity contribution < 1.29 is 9.90 Å². The average molecular weight is 321 g/mol. The van der Waals surface area contributed by atoms with Crippen LogP contribution < -0.4 is 11.2 Å². The molecule has 7 heteroatoms. The molecule has 2 fully saturated rings. The number of aromatic nitrogens is 2. The maximum atomic E-state index is 12.5. The van der Waals surface area contributed by atoms with Gasteiger partial charge >= 0.3 is 5.69 Å². The van der Waals surface area contributed by atoms with Gasteiger partial charge in [0.15, 0.2) is 0 Å². The summed E-state index contributed by atoms with van der Waals surface area (Å²) in [7, 11) is 1.77. The number of aryl methyl sites for hydroxylation is 1. The van der Waals surface area contributed by atoms with Gasteiger partial charge in [0.25, 0.3) is 5.56 Å². The zero-order valence-corrected chi connectivity index (χ0v) is 13.5. The number of rotatable bonds is 3. The first kappa shape index (κ1) is 16.0. The lowest BCUT2D eigenvalue weighted by molar-refractivity contribution is -0.132. The number of aromatic amines is 1. The molecule has 7 nitrogen and oxygen atoms in total. The van der Waals surface area contributed by atoms with Gasteiger partial charge in [0.1, 0.15) is 6.54 Å². The number of aliphatic hydroxyl groups is 1. The van der Waals surface area contributed by atoms with Crippen LogP contribution >= 0.6 is 0 Å². The molecule has 2 aliphatic rings. The summed E-state index contributed by atoms with van der Waals surface area (Å²) in [6.45, 7) is 1.54. The van der Waals surface area contributed by atoms with Crippen LogP contribution in [0.3, 0.4) is 0 Å². The number of fused-ring (bicyclic) bond motifs is 1. The van der Waals surface area contributed by atoms with E-state index in [9.17, 15) is 19.5 Å². The number of nitrogens with zero attached hydrogens (tertiary/aromatic N) is 2. The van der Waals surface area contributed by atoms with Gasteiger partial charge < -0.3 is 10.0 Å². The molecule has 1 amide bonds. The summed E-state index contributed by atoms with van der Waals surface area (Å²) >= 11 is 0. The van der Waals surface area contributed by atoms with Crippen LogP contribution in [0.15, 0.2) is 15.8 Å². The number of nitrogens with one attached hydrogen (secondary N) is 1. The lowest BCUT2D eigenvalue weighted by Crippen LogP contribution is -2.41. The normalized spacial score (nSPS) is 29.5. The Balaban J connectivity index is 1.66. The smallest absolute Gasteiger partial charge is 0.328 e. The third-order valence-corrected chi connectivity index (χ3v) is 5.40. The number of hydrogen-bond donors (Lipinski definition) is 2. The van der Waals surface area contributed by atoms with E-state index in [2.05, 4.69) is 4.98 Å². The molecule has 0 radical (unpaired) electrons. The van der Waals surface area contributed by atoms with Crippen LogP contribution in [0, 0.1) is 18.8 Å². The third-order valence-electron chi connectivity index (χ3n) is 5.40. The summed E-state index contributed by atoms with van der Waals surface area (Å²) in [4.78, 5) is 39.5. The molecule has 1 heterocycles. The van der Waals surface area contributed by atoms with Gasteiger partial charge in [-0.05, 0) is 44.4 Å². The van der Waals surface area contributed by atoms with E-state index < -0.39 is 11.2 Å². The minimum absolute atomic E-state index is 0.0680. The largest absolute Gasteiger partial charge is 0.393 e. The van der Waals surface area contributed by atoms with Crippen LogP contribution in [-0.2, 0) is 11.3 Å². The second kappa shape index (κ2) is 5.96. The molecule has 0 spiro atoms. The van der Waals surface area contributed by atoms with Crippen molar-refractivity contribution >= 4 is 5.91 Å². The van der Waals surface area contributed by atoms with Crippen molar-refractivity contribution in [2.75, 3.05) is 7.05 Å². The molecule has 0 aromatic carbocycles. The van der Waals surface area contributed by atoms with Gasteiger partial charge in [0.05, 0.1) is 6.10 Å². The molecular weight excluding hydrogens is 298 g/mol. The highest BCUT2D eigenvalue weighted by molar-refractivity contribution is 5.76. The van der Waals surface area contributed by atoms with Crippen molar-refractivity contribution in [2.45, 2.75) is 51.3 Å². The first-order chi connectivity index (χ1) is 10.8. The Morgan fingerprint density at radius 1 is 1.30 bits per heavy atom. The molecule has 0 bridgehead atoms. The summed E-state index contributed by atoms with van der Waals surface area (Å²) in [6, 6.07) is 0.171. The second-order valence-corrected chi connectivity index (χ2v) is 6.97. The van der Waals surface area contributed by atoms with Crippen molar-refractivity contribution in [3.05, 3.63) is 32.6 Å². The van der Waals surface area contributed by atoms with E-state index in [0.29, 0.717) is 17.4 Å². The van der Waals surface area contributed by atoms with Crippen LogP contribution in [0.1, 0.15) is 31.2 Å². The molecule has 0 aliphatic heterocycles. The number of carbonyl (C=O) groups is 1. The van der Waals surface area contributed by atoms with E-state index in [1.807, 2.05) is 0 Å². The Hall–Kier alpha value is -1.89. The average Bonchev–Trinajstić information content (AvgIpc) is 3.01. The van der Waals surface area contributed by atoms with Crippen molar-refractivity contribution in [3.63, 3.8) is 0 Å². The molecule has 23 heavy (non-hydrogen) atoms. The monoisotopic (exact) mass is 321 g/mol. The predicted octanol–water partition coefficient (Wildman–Crippen LogP) is -0.147. The molecule has 4 atom stereocenters. The highest BCUT2D eigenvalue weighted by Crippen LogP contribution is 2.45. The van der Waals surface area contributed by atoms with E-state index in [1.165, 1.54) is 10.8 Å². The van der Waals surface area contributed by atoms with Crippen LogP contribution in [0.5, 0.6) is 0 Å².